The van der Waals surface area contributed by atoms with Gasteiger partial charge in [0.1, 0.15) is 0 Å². The summed E-state index contributed by atoms with van der Waals surface area (Å²) in [5.74, 6) is -0.418. The van der Waals surface area contributed by atoms with Gasteiger partial charge in [0.15, 0.2) is 0 Å². The van der Waals surface area contributed by atoms with E-state index in [-0.39, 0.29) is 22.5 Å². The highest BCUT2D eigenvalue weighted by atomic mass is 16.5. The molecule has 0 amide bonds. The van der Waals surface area contributed by atoms with Gasteiger partial charge in [-0.15, -0.1) is 0 Å². The largest absolute Gasteiger partial charge is 0.478 e. The number of carboxylic acid groups (broad SMARTS) is 1. The molecule has 0 spiro atoms. The second kappa shape index (κ2) is 4.29. The van der Waals surface area contributed by atoms with E-state index in [0.717, 1.165) is 19.3 Å². The first-order valence-electron chi connectivity index (χ1n) is 7.23. The van der Waals surface area contributed by atoms with Crippen molar-refractivity contribution in [2.24, 2.45) is 17.3 Å². The Morgan fingerprint density at radius 1 is 1.45 bits per heavy atom. The van der Waals surface area contributed by atoms with Crippen molar-refractivity contribution in [3.05, 3.63) is 11.6 Å². The van der Waals surface area contributed by atoms with Crippen LogP contribution in [0, 0.1) is 17.3 Å². The van der Waals surface area contributed by atoms with Crippen molar-refractivity contribution in [1.82, 2.24) is 0 Å². The molecule has 0 aromatic heterocycles. The number of carbonyl (C=O) groups is 1. The Morgan fingerprint density at radius 2 is 2.15 bits per heavy atom. The Kier molecular flexibility index (Phi) is 3.01. The lowest BCUT2D eigenvalue weighted by atomic mass is 9.42. The van der Waals surface area contributed by atoms with E-state index in [0.29, 0.717) is 12.5 Å². The van der Waals surface area contributed by atoms with Gasteiger partial charge in [0.25, 0.3) is 0 Å². The third-order valence-corrected chi connectivity index (χ3v) is 5.94. The maximum absolute atomic E-state index is 10.8. The molecule has 3 N–H and O–H groups in total. The number of aliphatic carboxylic acids is 1. The fourth-order valence-corrected chi connectivity index (χ4v) is 4.64. The minimum Gasteiger partial charge on any atom is -0.478 e. The van der Waals surface area contributed by atoms with Gasteiger partial charge in [0, 0.05) is 11.0 Å². The molecule has 3 aliphatic carbocycles. The first-order valence-corrected chi connectivity index (χ1v) is 7.23. The summed E-state index contributed by atoms with van der Waals surface area (Å²) in [7, 11) is 0. The molecule has 4 fully saturated rings. The van der Waals surface area contributed by atoms with E-state index >= 15 is 0 Å². The molecule has 5 nitrogen and oxygen atoms in total. The summed E-state index contributed by atoms with van der Waals surface area (Å²) < 4.78 is 5.94. The van der Waals surface area contributed by atoms with Crippen molar-refractivity contribution in [2.75, 3.05) is 6.61 Å². The number of fused-ring (bicyclic) bond motifs is 1. The number of hydrogen-bond donors (Lipinski definition) is 3. The zero-order chi connectivity index (χ0) is 14.7. The summed E-state index contributed by atoms with van der Waals surface area (Å²) in [6.45, 7) is 3.98. The topological polar surface area (TPSA) is 87.0 Å². The van der Waals surface area contributed by atoms with Crippen LogP contribution >= 0.6 is 0 Å². The van der Waals surface area contributed by atoms with Crippen LogP contribution in [0.15, 0.2) is 11.6 Å². The zero-order valence-corrected chi connectivity index (χ0v) is 11.9. The zero-order valence-electron chi connectivity index (χ0n) is 11.9. The van der Waals surface area contributed by atoms with E-state index < -0.39 is 18.2 Å². The Labute approximate surface area is 118 Å². The van der Waals surface area contributed by atoms with Crippen molar-refractivity contribution >= 4 is 5.97 Å². The summed E-state index contributed by atoms with van der Waals surface area (Å²) in [6, 6.07) is 0. The fraction of sp³-hybridized carbons (Fsp3) is 0.800. The van der Waals surface area contributed by atoms with Crippen molar-refractivity contribution in [1.29, 1.82) is 0 Å². The number of aliphatic hydroxyl groups excluding tert-OH is 2. The van der Waals surface area contributed by atoms with Gasteiger partial charge in [-0.2, -0.15) is 0 Å². The molecule has 20 heavy (non-hydrogen) atoms. The van der Waals surface area contributed by atoms with E-state index in [1.807, 2.05) is 0 Å². The molecule has 4 bridgehead atoms. The summed E-state index contributed by atoms with van der Waals surface area (Å²) >= 11 is 0. The van der Waals surface area contributed by atoms with Gasteiger partial charge in [-0.25, -0.2) is 4.79 Å². The maximum Gasteiger partial charge on any atom is 0.331 e. The molecule has 0 unspecified atom stereocenters. The number of ether oxygens (including phenoxy) is 1. The number of hydrogen-bond acceptors (Lipinski definition) is 4. The third kappa shape index (κ3) is 1.63. The van der Waals surface area contributed by atoms with Gasteiger partial charge in [-0.1, -0.05) is 0 Å². The van der Waals surface area contributed by atoms with Gasteiger partial charge in [0.2, 0.25) is 0 Å². The van der Waals surface area contributed by atoms with E-state index in [1.54, 1.807) is 0 Å². The Bertz CT molecular complexity index is 471. The molecule has 3 saturated carbocycles. The molecular weight excluding hydrogens is 260 g/mol. The van der Waals surface area contributed by atoms with Gasteiger partial charge in [0.05, 0.1) is 24.4 Å². The Hall–Kier alpha value is -0.910. The normalized spacial score (nSPS) is 45.7. The highest BCUT2D eigenvalue weighted by Crippen LogP contribution is 2.70. The van der Waals surface area contributed by atoms with Crippen molar-refractivity contribution in [3.8, 4) is 0 Å². The quantitative estimate of drug-likeness (QED) is 0.668. The average molecular weight is 282 g/mol. The van der Waals surface area contributed by atoms with Gasteiger partial charge in [-0.3, -0.25) is 0 Å². The van der Waals surface area contributed by atoms with E-state index in [9.17, 15) is 15.0 Å². The molecule has 6 atom stereocenters. The van der Waals surface area contributed by atoms with Crippen LogP contribution < -0.4 is 0 Å². The van der Waals surface area contributed by atoms with E-state index in [4.69, 9.17) is 9.84 Å². The summed E-state index contributed by atoms with van der Waals surface area (Å²) in [5, 5.41) is 29.6. The molecule has 4 aliphatic rings. The Balaban J connectivity index is 1.83. The van der Waals surface area contributed by atoms with Crippen LogP contribution in [0.3, 0.4) is 0 Å². The molecule has 0 aromatic carbocycles. The second-order valence-electron chi connectivity index (χ2n) is 6.83. The molecule has 1 aliphatic heterocycles. The van der Waals surface area contributed by atoms with Gasteiger partial charge < -0.3 is 20.1 Å². The number of rotatable bonds is 4. The van der Waals surface area contributed by atoms with Gasteiger partial charge >= 0.3 is 5.97 Å². The standard InChI is InChI=1S/C15H22O5/c1-8(13(18)19)5-10(16)12(17)15-7-20-14(2)4-3-9(15)6-11(14)15/h5,9-12,16-17H,3-4,6-7H2,1-2H3,(H,18,19)/b8-5+/t9-,10+,11-,12-,14+,15+/m0/s1. The molecule has 0 aromatic rings. The van der Waals surface area contributed by atoms with Crippen LogP contribution in [0.1, 0.15) is 33.1 Å². The molecule has 5 heteroatoms. The lowest BCUT2D eigenvalue weighted by Crippen LogP contribution is -2.64. The highest BCUT2D eigenvalue weighted by Gasteiger charge is 2.72. The molecule has 1 saturated heterocycles. The lowest BCUT2D eigenvalue weighted by molar-refractivity contribution is -0.182. The minimum atomic E-state index is -1.15. The molecule has 112 valence electrons. The average Bonchev–Trinajstić information content (AvgIpc) is 2.52. The number of carboxylic acids is 1. The number of aliphatic hydroxyl groups is 2. The van der Waals surface area contributed by atoms with Crippen LogP contribution in [-0.4, -0.2) is 45.7 Å². The van der Waals surface area contributed by atoms with Crippen molar-refractivity contribution in [2.45, 2.75) is 50.9 Å². The predicted molar refractivity (Wildman–Crippen MR) is 71.0 cm³/mol. The minimum absolute atomic E-state index is 0.0547. The first-order chi connectivity index (χ1) is 9.31. The van der Waals surface area contributed by atoms with E-state index in [2.05, 4.69) is 6.92 Å². The predicted octanol–water partition coefficient (Wildman–Crippen LogP) is 0.944. The smallest absolute Gasteiger partial charge is 0.331 e. The van der Waals surface area contributed by atoms with Gasteiger partial charge in [-0.05, 0) is 51.0 Å². The fourth-order valence-electron chi connectivity index (χ4n) is 4.64. The second-order valence-corrected chi connectivity index (χ2v) is 6.83. The lowest BCUT2D eigenvalue weighted by Gasteiger charge is -2.61. The summed E-state index contributed by atoms with van der Waals surface area (Å²) in [4.78, 5) is 10.8. The molecule has 0 radical (unpaired) electrons. The first kappa shape index (κ1) is 14.0. The van der Waals surface area contributed by atoms with Crippen molar-refractivity contribution in [3.63, 3.8) is 0 Å². The third-order valence-electron chi connectivity index (χ3n) is 5.94. The van der Waals surface area contributed by atoms with Crippen LogP contribution in [-0.2, 0) is 9.53 Å². The van der Waals surface area contributed by atoms with Crippen LogP contribution in [0.4, 0.5) is 0 Å². The molecule has 4 rings (SSSR count). The Morgan fingerprint density at radius 3 is 2.75 bits per heavy atom. The summed E-state index contributed by atoms with van der Waals surface area (Å²) in [6.07, 6.45) is 2.20. The highest BCUT2D eigenvalue weighted by molar-refractivity contribution is 5.85. The monoisotopic (exact) mass is 282 g/mol. The van der Waals surface area contributed by atoms with Crippen molar-refractivity contribution < 1.29 is 24.9 Å². The van der Waals surface area contributed by atoms with Crippen LogP contribution in [0.25, 0.3) is 0 Å². The van der Waals surface area contributed by atoms with Crippen LogP contribution in [0.2, 0.25) is 0 Å². The molecule has 1 heterocycles. The van der Waals surface area contributed by atoms with Crippen LogP contribution in [0.5, 0.6) is 0 Å². The van der Waals surface area contributed by atoms with E-state index in [1.165, 1.54) is 13.0 Å². The SMILES string of the molecule is C/C(=C\[C@@H](O)[C@H](O)[C@]12CO[C@]3(C)CC[C@H]1C[C@H]23)C(=O)O. The summed E-state index contributed by atoms with van der Waals surface area (Å²) in [5.41, 5.74) is -0.512. The maximum atomic E-state index is 10.8. The molecular formula is C15H22O5.